The predicted molar refractivity (Wildman–Crippen MR) is 67.5 cm³/mol. The molecule has 1 aliphatic rings. The minimum atomic E-state index is -0.133. The zero-order chi connectivity index (χ0) is 12.6. The molecule has 2 heterocycles. The van der Waals surface area contributed by atoms with Gasteiger partial charge in [-0.05, 0) is 31.5 Å². The van der Waals surface area contributed by atoms with Crippen molar-refractivity contribution in [2.45, 2.75) is 12.8 Å². The topological polar surface area (TPSA) is 54.7 Å². The number of rotatable bonds is 6. The van der Waals surface area contributed by atoms with E-state index in [0.29, 0.717) is 12.3 Å². The molecule has 1 amide bonds. The van der Waals surface area contributed by atoms with Gasteiger partial charge in [0.05, 0.1) is 19.5 Å². The van der Waals surface area contributed by atoms with Crippen molar-refractivity contribution in [3.05, 3.63) is 24.2 Å². The number of unbranched alkanes of at least 4 members (excludes halogenated alkanes) is 1. The van der Waals surface area contributed by atoms with Crippen LogP contribution >= 0.6 is 0 Å². The molecule has 5 nitrogen and oxygen atoms in total. The molecule has 0 aromatic carbocycles. The van der Waals surface area contributed by atoms with E-state index in [1.165, 1.54) is 6.26 Å². The Bertz CT molecular complexity index is 345. The number of nitrogens with zero attached hydrogens (tertiary/aromatic N) is 1. The molecular weight excluding hydrogens is 232 g/mol. The van der Waals surface area contributed by atoms with Gasteiger partial charge in [0.2, 0.25) is 0 Å². The molecule has 1 aliphatic heterocycles. The van der Waals surface area contributed by atoms with Crippen molar-refractivity contribution in [1.29, 1.82) is 0 Å². The zero-order valence-electron chi connectivity index (χ0n) is 10.6. The summed E-state index contributed by atoms with van der Waals surface area (Å²) in [6, 6.07) is 3.39. The Morgan fingerprint density at radius 3 is 2.89 bits per heavy atom. The zero-order valence-corrected chi connectivity index (χ0v) is 10.6. The van der Waals surface area contributed by atoms with Crippen LogP contribution in [0.2, 0.25) is 0 Å². The van der Waals surface area contributed by atoms with E-state index in [0.717, 1.165) is 45.7 Å². The Labute approximate surface area is 107 Å². The fourth-order valence-electron chi connectivity index (χ4n) is 1.98. The molecule has 0 bridgehead atoms. The van der Waals surface area contributed by atoms with Gasteiger partial charge < -0.3 is 14.5 Å². The molecule has 1 fully saturated rings. The summed E-state index contributed by atoms with van der Waals surface area (Å²) in [6.07, 6.45) is 3.59. The molecule has 0 aliphatic carbocycles. The van der Waals surface area contributed by atoms with E-state index in [-0.39, 0.29) is 5.91 Å². The summed E-state index contributed by atoms with van der Waals surface area (Å²) in [4.78, 5) is 13.9. The molecule has 0 unspecified atom stereocenters. The summed E-state index contributed by atoms with van der Waals surface area (Å²) < 4.78 is 10.3. The Kier molecular flexibility index (Phi) is 5.23. The van der Waals surface area contributed by atoms with Crippen LogP contribution in [0.1, 0.15) is 23.4 Å². The molecule has 1 N–H and O–H groups in total. The highest BCUT2D eigenvalue weighted by atomic mass is 16.5. The van der Waals surface area contributed by atoms with Gasteiger partial charge in [-0.1, -0.05) is 0 Å². The SMILES string of the molecule is O=C(NCCCCN1CCOCC1)c1ccco1. The van der Waals surface area contributed by atoms with E-state index < -0.39 is 0 Å². The number of carbonyl (C=O) groups is 1. The average Bonchev–Trinajstić information content (AvgIpc) is 2.93. The Hall–Kier alpha value is -1.33. The van der Waals surface area contributed by atoms with Crippen LogP contribution in [0.4, 0.5) is 0 Å². The maximum Gasteiger partial charge on any atom is 0.286 e. The van der Waals surface area contributed by atoms with Crippen molar-refractivity contribution < 1.29 is 13.9 Å². The lowest BCUT2D eigenvalue weighted by molar-refractivity contribution is 0.0372. The van der Waals surface area contributed by atoms with Gasteiger partial charge in [0.1, 0.15) is 0 Å². The quantitative estimate of drug-likeness (QED) is 0.771. The van der Waals surface area contributed by atoms with Crippen LogP contribution in [0.3, 0.4) is 0 Å². The van der Waals surface area contributed by atoms with E-state index in [9.17, 15) is 4.79 Å². The van der Waals surface area contributed by atoms with Crippen molar-refractivity contribution in [2.75, 3.05) is 39.4 Å². The maximum absolute atomic E-state index is 11.5. The summed E-state index contributed by atoms with van der Waals surface area (Å²) in [5.74, 6) is 0.245. The van der Waals surface area contributed by atoms with Crippen LogP contribution in [0.5, 0.6) is 0 Å². The lowest BCUT2D eigenvalue weighted by Gasteiger charge is -2.26. The van der Waals surface area contributed by atoms with Crippen LogP contribution in [0.25, 0.3) is 0 Å². The van der Waals surface area contributed by atoms with Gasteiger partial charge in [-0.25, -0.2) is 0 Å². The van der Waals surface area contributed by atoms with Crippen LogP contribution in [-0.2, 0) is 4.74 Å². The Balaban J connectivity index is 1.52. The third-order valence-corrected chi connectivity index (χ3v) is 3.04. The summed E-state index contributed by atoms with van der Waals surface area (Å²) in [5.41, 5.74) is 0. The predicted octanol–water partition coefficient (Wildman–Crippen LogP) is 1.12. The van der Waals surface area contributed by atoms with Crippen molar-refractivity contribution >= 4 is 5.91 Å². The van der Waals surface area contributed by atoms with Gasteiger partial charge in [-0.15, -0.1) is 0 Å². The van der Waals surface area contributed by atoms with Crippen LogP contribution in [-0.4, -0.2) is 50.2 Å². The molecule has 5 heteroatoms. The maximum atomic E-state index is 11.5. The van der Waals surface area contributed by atoms with Gasteiger partial charge in [0, 0.05) is 19.6 Å². The van der Waals surface area contributed by atoms with E-state index in [1.54, 1.807) is 12.1 Å². The van der Waals surface area contributed by atoms with E-state index in [4.69, 9.17) is 9.15 Å². The first-order chi connectivity index (χ1) is 8.86. The minimum Gasteiger partial charge on any atom is -0.459 e. The van der Waals surface area contributed by atoms with Gasteiger partial charge >= 0.3 is 0 Å². The van der Waals surface area contributed by atoms with Gasteiger partial charge in [0.25, 0.3) is 5.91 Å². The molecule has 1 aromatic rings. The molecule has 2 rings (SSSR count). The second kappa shape index (κ2) is 7.18. The van der Waals surface area contributed by atoms with Crippen LogP contribution in [0.15, 0.2) is 22.8 Å². The summed E-state index contributed by atoms with van der Waals surface area (Å²) in [6.45, 7) is 5.52. The normalized spacial score (nSPS) is 16.7. The Morgan fingerprint density at radius 1 is 1.33 bits per heavy atom. The highest BCUT2D eigenvalue weighted by Gasteiger charge is 2.10. The minimum absolute atomic E-state index is 0.133. The van der Waals surface area contributed by atoms with E-state index in [1.807, 2.05) is 0 Å². The second-order valence-electron chi connectivity index (χ2n) is 4.39. The van der Waals surface area contributed by atoms with Crippen molar-refractivity contribution in [3.63, 3.8) is 0 Å². The molecule has 0 saturated carbocycles. The second-order valence-corrected chi connectivity index (χ2v) is 4.39. The number of ether oxygens (including phenoxy) is 1. The number of nitrogens with one attached hydrogen (secondary N) is 1. The smallest absolute Gasteiger partial charge is 0.286 e. The van der Waals surface area contributed by atoms with Gasteiger partial charge in [0.15, 0.2) is 5.76 Å². The summed E-state index contributed by atoms with van der Waals surface area (Å²) in [5, 5.41) is 2.85. The number of hydrogen-bond donors (Lipinski definition) is 1. The van der Waals surface area contributed by atoms with Crippen molar-refractivity contribution in [2.24, 2.45) is 0 Å². The third kappa shape index (κ3) is 4.16. The molecular formula is C13H20N2O3. The van der Waals surface area contributed by atoms with Gasteiger partial charge in [-0.3, -0.25) is 9.69 Å². The van der Waals surface area contributed by atoms with Crippen LogP contribution in [0, 0.1) is 0 Å². The molecule has 100 valence electrons. The van der Waals surface area contributed by atoms with Crippen molar-refractivity contribution in [3.8, 4) is 0 Å². The lowest BCUT2D eigenvalue weighted by atomic mass is 10.2. The summed E-state index contributed by atoms with van der Waals surface area (Å²) in [7, 11) is 0. The first-order valence-electron chi connectivity index (χ1n) is 6.48. The monoisotopic (exact) mass is 252 g/mol. The molecule has 0 atom stereocenters. The fourth-order valence-corrected chi connectivity index (χ4v) is 1.98. The Morgan fingerprint density at radius 2 is 2.17 bits per heavy atom. The molecule has 1 saturated heterocycles. The number of morpholine rings is 1. The first-order valence-corrected chi connectivity index (χ1v) is 6.48. The van der Waals surface area contributed by atoms with E-state index in [2.05, 4.69) is 10.2 Å². The number of hydrogen-bond acceptors (Lipinski definition) is 4. The number of carbonyl (C=O) groups excluding carboxylic acids is 1. The standard InChI is InChI=1S/C13H20N2O3/c16-13(12-4-3-9-18-12)14-5-1-2-6-15-7-10-17-11-8-15/h3-4,9H,1-2,5-8,10-11H2,(H,14,16). The third-order valence-electron chi connectivity index (χ3n) is 3.04. The number of amides is 1. The lowest BCUT2D eigenvalue weighted by Crippen LogP contribution is -2.37. The van der Waals surface area contributed by atoms with Crippen LogP contribution < -0.4 is 5.32 Å². The fraction of sp³-hybridized carbons (Fsp3) is 0.615. The largest absolute Gasteiger partial charge is 0.459 e. The van der Waals surface area contributed by atoms with E-state index >= 15 is 0 Å². The van der Waals surface area contributed by atoms with Crippen molar-refractivity contribution in [1.82, 2.24) is 10.2 Å². The van der Waals surface area contributed by atoms with Gasteiger partial charge in [-0.2, -0.15) is 0 Å². The molecule has 1 aromatic heterocycles. The highest BCUT2D eigenvalue weighted by molar-refractivity contribution is 5.91. The molecule has 0 radical (unpaired) electrons. The average molecular weight is 252 g/mol. The summed E-state index contributed by atoms with van der Waals surface area (Å²) >= 11 is 0. The first kappa shape index (κ1) is 13.1. The highest BCUT2D eigenvalue weighted by Crippen LogP contribution is 2.01. The number of furan rings is 1. The molecule has 0 spiro atoms. The molecule has 18 heavy (non-hydrogen) atoms.